The van der Waals surface area contributed by atoms with E-state index in [4.69, 9.17) is 0 Å². The van der Waals surface area contributed by atoms with E-state index in [0.29, 0.717) is 13.1 Å². The minimum absolute atomic E-state index is 0.272. The van der Waals surface area contributed by atoms with Gasteiger partial charge in [0.05, 0.1) is 5.69 Å². The van der Waals surface area contributed by atoms with E-state index in [1.807, 2.05) is 24.3 Å². The molecule has 0 radical (unpaired) electrons. The highest BCUT2D eigenvalue weighted by Crippen LogP contribution is 2.29. The maximum atomic E-state index is 12.8. The minimum atomic E-state index is -3.45. The molecule has 4 aromatic rings. The molecule has 0 saturated carbocycles. The molecule has 0 aliphatic carbocycles. The summed E-state index contributed by atoms with van der Waals surface area (Å²) in [5.41, 5.74) is 2.20. The van der Waals surface area contributed by atoms with Gasteiger partial charge in [0, 0.05) is 62.7 Å². The van der Waals surface area contributed by atoms with Crippen molar-refractivity contribution in [1.82, 2.24) is 19.5 Å². The van der Waals surface area contributed by atoms with Gasteiger partial charge in [0.15, 0.2) is 5.82 Å². The van der Waals surface area contributed by atoms with E-state index in [-0.39, 0.29) is 4.90 Å². The summed E-state index contributed by atoms with van der Waals surface area (Å²) < 4.78 is 27.2. The van der Waals surface area contributed by atoms with Crippen molar-refractivity contribution in [2.45, 2.75) is 24.2 Å². The first kappa shape index (κ1) is 23.8. The molecule has 190 valence electrons. The van der Waals surface area contributed by atoms with Crippen LogP contribution in [0.5, 0.6) is 0 Å². The van der Waals surface area contributed by atoms with Crippen LogP contribution in [0.25, 0.3) is 10.8 Å². The standard InChI is InChI=1S/C28H30N6O2S/c35-37(36,34-14-6-7-15-34)23-12-13-27(29-21-23)32-16-18-33(19-17-32)28-25-11-5-4-10-24(25)26(30-31-28)20-22-8-2-1-3-9-22/h1-5,8-13,21H,6-7,14-20H2. The van der Waals surface area contributed by atoms with Crippen molar-refractivity contribution in [1.29, 1.82) is 0 Å². The summed E-state index contributed by atoms with van der Waals surface area (Å²) >= 11 is 0. The number of anilines is 2. The molecule has 0 N–H and O–H groups in total. The molecule has 37 heavy (non-hydrogen) atoms. The third-order valence-corrected chi connectivity index (χ3v) is 9.17. The zero-order chi connectivity index (χ0) is 25.2. The Hall–Kier alpha value is -3.56. The summed E-state index contributed by atoms with van der Waals surface area (Å²) in [6, 6.07) is 22.2. The number of rotatable bonds is 6. The van der Waals surface area contributed by atoms with Crippen LogP contribution >= 0.6 is 0 Å². The lowest BCUT2D eigenvalue weighted by atomic mass is 10.0. The number of aromatic nitrogens is 3. The molecule has 2 saturated heterocycles. The summed E-state index contributed by atoms with van der Waals surface area (Å²) in [6.45, 7) is 4.30. The first-order valence-corrected chi connectivity index (χ1v) is 14.3. The SMILES string of the molecule is O=S(=O)(c1ccc(N2CCN(c3nnc(Cc4ccccc4)c4ccccc34)CC2)nc1)N1CCCC1. The molecular formula is C28H30N6O2S. The summed E-state index contributed by atoms with van der Waals surface area (Å²) in [4.78, 5) is 9.26. The number of benzene rings is 2. The number of pyridine rings is 1. The number of hydrogen-bond donors (Lipinski definition) is 0. The number of sulfonamides is 1. The number of hydrogen-bond acceptors (Lipinski definition) is 7. The van der Waals surface area contributed by atoms with Gasteiger partial charge in [-0.1, -0.05) is 54.6 Å². The Balaban J connectivity index is 1.17. The van der Waals surface area contributed by atoms with E-state index in [0.717, 1.165) is 73.5 Å². The van der Waals surface area contributed by atoms with Crippen LogP contribution in [-0.2, 0) is 16.4 Å². The van der Waals surface area contributed by atoms with Crippen LogP contribution in [0.15, 0.2) is 77.8 Å². The molecule has 2 aromatic carbocycles. The number of nitrogens with zero attached hydrogens (tertiary/aromatic N) is 6. The fraction of sp³-hybridized carbons (Fsp3) is 0.321. The molecular weight excluding hydrogens is 484 g/mol. The van der Waals surface area contributed by atoms with Gasteiger partial charge in [0.2, 0.25) is 10.0 Å². The fourth-order valence-electron chi connectivity index (χ4n) is 5.24. The molecule has 0 amide bonds. The normalized spacial score (nSPS) is 17.0. The van der Waals surface area contributed by atoms with E-state index >= 15 is 0 Å². The van der Waals surface area contributed by atoms with Crippen molar-refractivity contribution in [2.75, 3.05) is 49.1 Å². The highest BCUT2D eigenvalue weighted by Gasteiger charge is 2.28. The van der Waals surface area contributed by atoms with Gasteiger partial charge < -0.3 is 9.80 Å². The smallest absolute Gasteiger partial charge is 0.244 e. The van der Waals surface area contributed by atoms with Crippen LogP contribution in [0.2, 0.25) is 0 Å². The first-order valence-electron chi connectivity index (χ1n) is 12.8. The monoisotopic (exact) mass is 514 g/mol. The second-order valence-corrected chi connectivity index (χ2v) is 11.6. The second kappa shape index (κ2) is 10.1. The number of fused-ring (bicyclic) bond motifs is 1. The molecule has 9 heteroatoms. The fourth-order valence-corrected chi connectivity index (χ4v) is 6.70. The minimum Gasteiger partial charge on any atom is -0.353 e. The average molecular weight is 515 g/mol. The Morgan fingerprint density at radius 2 is 1.38 bits per heavy atom. The van der Waals surface area contributed by atoms with Crippen molar-refractivity contribution in [3.63, 3.8) is 0 Å². The van der Waals surface area contributed by atoms with Crippen LogP contribution in [0.3, 0.4) is 0 Å². The quantitative estimate of drug-likeness (QED) is 0.388. The summed E-state index contributed by atoms with van der Waals surface area (Å²) in [7, 11) is -3.45. The van der Waals surface area contributed by atoms with Gasteiger partial charge in [-0.2, -0.15) is 9.40 Å². The van der Waals surface area contributed by atoms with Gasteiger partial charge >= 0.3 is 0 Å². The average Bonchev–Trinajstić information content (AvgIpc) is 3.51. The van der Waals surface area contributed by atoms with Crippen molar-refractivity contribution >= 4 is 32.4 Å². The topological polar surface area (TPSA) is 82.5 Å². The molecule has 2 aromatic heterocycles. The van der Waals surface area contributed by atoms with Crippen LogP contribution in [0.1, 0.15) is 24.1 Å². The largest absolute Gasteiger partial charge is 0.353 e. The maximum absolute atomic E-state index is 12.8. The van der Waals surface area contributed by atoms with Crippen LogP contribution in [-0.4, -0.2) is 67.2 Å². The first-order chi connectivity index (χ1) is 18.1. The zero-order valence-electron chi connectivity index (χ0n) is 20.7. The van der Waals surface area contributed by atoms with Crippen LogP contribution in [0.4, 0.5) is 11.6 Å². The van der Waals surface area contributed by atoms with Gasteiger partial charge in [-0.3, -0.25) is 0 Å². The van der Waals surface area contributed by atoms with Crippen LogP contribution < -0.4 is 9.80 Å². The van der Waals surface area contributed by atoms with Crippen molar-refractivity contribution in [2.24, 2.45) is 0 Å². The molecule has 0 atom stereocenters. The lowest BCUT2D eigenvalue weighted by Gasteiger charge is -2.36. The summed E-state index contributed by atoms with van der Waals surface area (Å²) in [6.07, 6.45) is 4.09. The lowest BCUT2D eigenvalue weighted by Crippen LogP contribution is -2.47. The van der Waals surface area contributed by atoms with E-state index < -0.39 is 10.0 Å². The van der Waals surface area contributed by atoms with Gasteiger partial charge in [0.25, 0.3) is 0 Å². The van der Waals surface area contributed by atoms with E-state index in [9.17, 15) is 8.42 Å². The molecule has 0 unspecified atom stereocenters. The Morgan fingerprint density at radius 3 is 2.08 bits per heavy atom. The molecule has 0 bridgehead atoms. The van der Waals surface area contributed by atoms with Gasteiger partial charge in [0.1, 0.15) is 10.7 Å². The molecule has 8 nitrogen and oxygen atoms in total. The lowest BCUT2D eigenvalue weighted by molar-refractivity contribution is 0.477. The summed E-state index contributed by atoms with van der Waals surface area (Å²) in [5, 5.41) is 11.6. The van der Waals surface area contributed by atoms with Crippen LogP contribution in [0, 0.1) is 0 Å². The Bertz CT molecular complexity index is 1480. The Morgan fingerprint density at radius 1 is 0.703 bits per heavy atom. The molecule has 2 aliphatic heterocycles. The molecule has 4 heterocycles. The van der Waals surface area contributed by atoms with Gasteiger partial charge in [-0.15, -0.1) is 5.10 Å². The molecule has 2 aliphatic rings. The number of piperazine rings is 1. The Labute approximate surface area is 217 Å². The molecule has 6 rings (SSSR count). The second-order valence-electron chi connectivity index (χ2n) is 9.62. The van der Waals surface area contributed by atoms with Gasteiger partial charge in [-0.25, -0.2) is 13.4 Å². The van der Waals surface area contributed by atoms with Crippen molar-refractivity contribution < 1.29 is 8.42 Å². The Kier molecular flexibility index (Phi) is 6.48. The predicted molar refractivity (Wildman–Crippen MR) is 145 cm³/mol. The maximum Gasteiger partial charge on any atom is 0.244 e. The van der Waals surface area contributed by atoms with Gasteiger partial charge in [-0.05, 0) is 30.5 Å². The van der Waals surface area contributed by atoms with Crippen molar-refractivity contribution in [3.8, 4) is 0 Å². The third kappa shape index (κ3) is 4.76. The zero-order valence-corrected chi connectivity index (χ0v) is 21.5. The molecule has 2 fully saturated rings. The summed E-state index contributed by atoms with van der Waals surface area (Å²) in [5.74, 6) is 1.71. The van der Waals surface area contributed by atoms with Crippen molar-refractivity contribution in [3.05, 3.63) is 84.2 Å². The molecule has 0 spiro atoms. The highest BCUT2D eigenvalue weighted by molar-refractivity contribution is 7.89. The third-order valence-electron chi connectivity index (χ3n) is 7.29. The van der Waals surface area contributed by atoms with E-state index in [1.54, 1.807) is 10.4 Å². The predicted octanol–water partition coefficient (Wildman–Crippen LogP) is 3.73. The van der Waals surface area contributed by atoms with E-state index in [2.05, 4.69) is 61.4 Å². The highest BCUT2D eigenvalue weighted by atomic mass is 32.2. The van der Waals surface area contributed by atoms with E-state index in [1.165, 1.54) is 11.8 Å².